The number of benzene rings is 2. The molecule has 20 heavy (non-hydrogen) atoms. The van der Waals surface area contributed by atoms with E-state index in [0.717, 1.165) is 12.1 Å². The van der Waals surface area contributed by atoms with Gasteiger partial charge in [-0.05, 0) is 24.1 Å². The molecule has 104 valence electrons. The van der Waals surface area contributed by atoms with Crippen LogP contribution in [0.1, 0.15) is 24.9 Å². The van der Waals surface area contributed by atoms with Crippen molar-refractivity contribution in [1.82, 2.24) is 0 Å². The van der Waals surface area contributed by atoms with Crippen LogP contribution in [0.2, 0.25) is 5.02 Å². The number of nitro benzene ring substituents is 1. The first-order valence-electron chi connectivity index (χ1n) is 6.37. The Balaban J connectivity index is 2.20. The average Bonchev–Trinajstić information content (AvgIpc) is 2.45. The number of nitro groups is 1. The van der Waals surface area contributed by atoms with Crippen molar-refractivity contribution in [2.24, 2.45) is 0 Å². The Morgan fingerprint density at radius 1 is 1.25 bits per heavy atom. The molecule has 1 unspecified atom stereocenters. The van der Waals surface area contributed by atoms with Crippen molar-refractivity contribution in [2.45, 2.75) is 19.4 Å². The molecule has 0 aliphatic rings. The molecule has 5 heteroatoms. The van der Waals surface area contributed by atoms with Crippen molar-refractivity contribution < 1.29 is 4.92 Å². The normalized spacial score (nSPS) is 11.9. The molecule has 0 heterocycles. The maximum atomic E-state index is 10.7. The molecule has 0 amide bonds. The first-order valence-corrected chi connectivity index (χ1v) is 6.75. The fourth-order valence-electron chi connectivity index (χ4n) is 2.05. The molecule has 0 spiro atoms. The average molecular weight is 291 g/mol. The minimum Gasteiger partial charge on any atom is -0.378 e. The second-order valence-corrected chi connectivity index (χ2v) is 4.85. The van der Waals surface area contributed by atoms with Gasteiger partial charge in [0, 0.05) is 11.8 Å². The highest BCUT2D eigenvalue weighted by molar-refractivity contribution is 6.32. The maximum absolute atomic E-state index is 10.7. The minimum absolute atomic E-state index is 0.0787. The highest BCUT2D eigenvalue weighted by atomic mass is 35.5. The number of hydrogen-bond acceptors (Lipinski definition) is 3. The van der Waals surface area contributed by atoms with Crippen molar-refractivity contribution in [1.29, 1.82) is 0 Å². The molecule has 0 saturated carbocycles. The first-order chi connectivity index (χ1) is 9.61. The summed E-state index contributed by atoms with van der Waals surface area (Å²) >= 11 is 5.92. The third kappa shape index (κ3) is 3.27. The summed E-state index contributed by atoms with van der Waals surface area (Å²) in [6.45, 7) is 2.08. The lowest BCUT2D eigenvalue weighted by Gasteiger charge is -2.18. The predicted octanol–water partition coefficient (Wildman–Crippen LogP) is 4.81. The minimum atomic E-state index is -0.486. The van der Waals surface area contributed by atoms with Gasteiger partial charge in [0.05, 0.1) is 11.0 Å². The fourth-order valence-corrected chi connectivity index (χ4v) is 2.30. The molecule has 0 aromatic heterocycles. The summed E-state index contributed by atoms with van der Waals surface area (Å²) in [6.07, 6.45) is 0.901. The molecule has 0 radical (unpaired) electrons. The standard InChI is InChI=1S/C15H15ClN2O2/c1-2-14(11-6-4-3-5-7-11)17-12-8-9-15(18(19)20)13(16)10-12/h3-10,14,17H,2H2,1H3. The highest BCUT2D eigenvalue weighted by Crippen LogP contribution is 2.29. The smallest absolute Gasteiger partial charge is 0.288 e. The Hall–Kier alpha value is -2.07. The van der Waals surface area contributed by atoms with Gasteiger partial charge in [0.25, 0.3) is 5.69 Å². The van der Waals surface area contributed by atoms with Crippen molar-refractivity contribution in [3.05, 3.63) is 69.2 Å². The predicted molar refractivity (Wildman–Crippen MR) is 81.2 cm³/mol. The van der Waals surface area contributed by atoms with Gasteiger partial charge in [-0.25, -0.2) is 0 Å². The van der Waals surface area contributed by atoms with Crippen LogP contribution in [-0.2, 0) is 0 Å². The Kier molecular flexibility index (Phi) is 4.58. The molecule has 2 rings (SSSR count). The highest BCUT2D eigenvalue weighted by Gasteiger charge is 2.14. The van der Waals surface area contributed by atoms with E-state index in [1.807, 2.05) is 30.3 Å². The zero-order valence-electron chi connectivity index (χ0n) is 11.0. The van der Waals surface area contributed by atoms with Gasteiger partial charge in [0.2, 0.25) is 0 Å². The van der Waals surface area contributed by atoms with Gasteiger partial charge in [-0.3, -0.25) is 10.1 Å². The van der Waals surface area contributed by atoms with Crippen molar-refractivity contribution >= 4 is 23.0 Å². The summed E-state index contributed by atoms with van der Waals surface area (Å²) in [5.41, 5.74) is 1.87. The summed E-state index contributed by atoms with van der Waals surface area (Å²) < 4.78 is 0. The third-order valence-electron chi connectivity index (χ3n) is 3.10. The molecule has 0 aliphatic carbocycles. The topological polar surface area (TPSA) is 55.2 Å². The molecule has 2 aromatic carbocycles. The number of nitrogens with zero attached hydrogens (tertiary/aromatic N) is 1. The van der Waals surface area contributed by atoms with E-state index >= 15 is 0 Å². The fraction of sp³-hybridized carbons (Fsp3) is 0.200. The van der Waals surface area contributed by atoms with E-state index in [4.69, 9.17) is 11.6 Å². The molecule has 0 aliphatic heterocycles. The molecule has 4 nitrogen and oxygen atoms in total. The number of hydrogen-bond donors (Lipinski definition) is 1. The monoisotopic (exact) mass is 290 g/mol. The van der Waals surface area contributed by atoms with Crippen LogP contribution in [0.3, 0.4) is 0 Å². The Morgan fingerprint density at radius 2 is 1.95 bits per heavy atom. The van der Waals surface area contributed by atoms with E-state index in [9.17, 15) is 10.1 Å². The van der Waals surface area contributed by atoms with Crippen LogP contribution in [0.5, 0.6) is 0 Å². The van der Waals surface area contributed by atoms with Gasteiger partial charge in [0.15, 0.2) is 0 Å². The molecule has 0 saturated heterocycles. The molecular weight excluding hydrogens is 276 g/mol. The summed E-state index contributed by atoms with van der Waals surface area (Å²) in [4.78, 5) is 10.2. The van der Waals surface area contributed by atoms with E-state index in [1.165, 1.54) is 11.6 Å². The van der Waals surface area contributed by atoms with Gasteiger partial charge in [-0.2, -0.15) is 0 Å². The summed E-state index contributed by atoms with van der Waals surface area (Å²) in [5, 5.41) is 14.2. The molecule has 1 atom stereocenters. The van der Waals surface area contributed by atoms with Crippen LogP contribution in [0, 0.1) is 10.1 Å². The molecular formula is C15H15ClN2O2. The third-order valence-corrected chi connectivity index (χ3v) is 3.40. The van der Waals surface area contributed by atoms with E-state index < -0.39 is 4.92 Å². The Labute approximate surface area is 122 Å². The van der Waals surface area contributed by atoms with Gasteiger partial charge in [-0.15, -0.1) is 0 Å². The largest absolute Gasteiger partial charge is 0.378 e. The summed E-state index contributed by atoms with van der Waals surface area (Å²) in [5.74, 6) is 0. The molecule has 2 aromatic rings. The van der Waals surface area contributed by atoms with Crippen molar-refractivity contribution in [2.75, 3.05) is 5.32 Å². The second-order valence-electron chi connectivity index (χ2n) is 4.44. The number of rotatable bonds is 5. The van der Waals surface area contributed by atoms with Crippen molar-refractivity contribution in [3.63, 3.8) is 0 Å². The molecule has 0 bridgehead atoms. The zero-order valence-corrected chi connectivity index (χ0v) is 11.8. The van der Waals surface area contributed by atoms with E-state index in [0.29, 0.717) is 0 Å². The number of anilines is 1. The Morgan fingerprint density at radius 3 is 2.50 bits per heavy atom. The van der Waals surface area contributed by atoms with Crippen molar-refractivity contribution in [3.8, 4) is 0 Å². The van der Waals surface area contributed by atoms with E-state index in [2.05, 4.69) is 12.2 Å². The van der Waals surface area contributed by atoms with E-state index in [-0.39, 0.29) is 16.8 Å². The lowest BCUT2D eigenvalue weighted by molar-refractivity contribution is -0.384. The maximum Gasteiger partial charge on any atom is 0.288 e. The van der Waals surface area contributed by atoms with Crippen LogP contribution in [0.15, 0.2) is 48.5 Å². The number of nitrogens with one attached hydrogen (secondary N) is 1. The summed E-state index contributed by atoms with van der Waals surface area (Å²) in [6, 6.07) is 14.9. The van der Waals surface area contributed by atoms with Crippen LogP contribution < -0.4 is 5.32 Å². The van der Waals surface area contributed by atoms with Gasteiger partial charge in [0.1, 0.15) is 5.02 Å². The second kappa shape index (κ2) is 6.39. The SMILES string of the molecule is CCC(Nc1ccc([N+](=O)[O-])c(Cl)c1)c1ccccc1. The van der Waals surface area contributed by atoms with Crippen LogP contribution in [0.25, 0.3) is 0 Å². The first kappa shape index (κ1) is 14.3. The van der Waals surface area contributed by atoms with Gasteiger partial charge >= 0.3 is 0 Å². The van der Waals surface area contributed by atoms with Crippen LogP contribution in [-0.4, -0.2) is 4.92 Å². The lowest BCUT2D eigenvalue weighted by atomic mass is 10.0. The summed E-state index contributed by atoms with van der Waals surface area (Å²) in [7, 11) is 0. The zero-order chi connectivity index (χ0) is 14.5. The molecule has 1 N–H and O–H groups in total. The quantitative estimate of drug-likeness (QED) is 0.635. The van der Waals surface area contributed by atoms with E-state index in [1.54, 1.807) is 12.1 Å². The molecule has 0 fully saturated rings. The van der Waals surface area contributed by atoms with Gasteiger partial charge < -0.3 is 5.32 Å². The van der Waals surface area contributed by atoms with Gasteiger partial charge in [-0.1, -0.05) is 48.9 Å². The van der Waals surface area contributed by atoms with Crippen LogP contribution >= 0.6 is 11.6 Å². The number of halogens is 1. The Bertz CT molecular complexity index is 602. The van der Waals surface area contributed by atoms with Crippen LogP contribution in [0.4, 0.5) is 11.4 Å². The lowest BCUT2D eigenvalue weighted by Crippen LogP contribution is -2.09.